The number of anilines is 1. The molecule has 0 spiro atoms. The molecular formula is C21H22ClN5O2S. The largest absolute Gasteiger partial charge is 0.365 e. The molecule has 1 N–H and O–H groups in total. The van der Waals surface area contributed by atoms with Crippen molar-refractivity contribution in [1.29, 1.82) is 0 Å². The van der Waals surface area contributed by atoms with Gasteiger partial charge in [0, 0.05) is 37.6 Å². The zero-order valence-electron chi connectivity index (χ0n) is 16.3. The third-order valence-corrected chi connectivity index (χ3v) is 6.33. The summed E-state index contributed by atoms with van der Waals surface area (Å²) in [4.78, 5) is 30.1. The molecule has 0 atom stereocenters. The first-order valence-corrected chi connectivity index (χ1v) is 11.0. The molecular weight excluding hydrogens is 422 g/mol. The quantitative estimate of drug-likeness (QED) is 0.658. The van der Waals surface area contributed by atoms with Gasteiger partial charge in [0.25, 0.3) is 5.56 Å². The fraction of sp³-hybridized carbons (Fsp3) is 0.286. The molecule has 156 valence electrons. The molecule has 0 unspecified atom stereocenters. The van der Waals surface area contributed by atoms with Gasteiger partial charge in [0.2, 0.25) is 0 Å². The first-order chi connectivity index (χ1) is 14.6. The summed E-state index contributed by atoms with van der Waals surface area (Å²) in [5.41, 5.74) is 0.917. The Morgan fingerprint density at radius 2 is 1.87 bits per heavy atom. The van der Waals surface area contributed by atoms with Crippen LogP contribution < -0.4 is 15.8 Å². The smallest absolute Gasteiger partial charge is 0.317 e. The summed E-state index contributed by atoms with van der Waals surface area (Å²) in [5.74, 6) is 0. The first kappa shape index (κ1) is 20.4. The van der Waals surface area contributed by atoms with E-state index in [1.807, 2.05) is 34.5 Å². The number of hydrogen-bond acceptors (Lipinski definition) is 5. The SMILES string of the molecule is O=C(NCCc1cccs1)N1CCN(c2cnn(-c3ccccc3)c(=O)c2Cl)CC1. The Hall–Kier alpha value is -2.84. The van der Waals surface area contributed by atoms with E-state index < -0.39 is 0 Å². The Balaban J connectivity index is 1.35. The van der Waals surface area contributed by atoms with Gasteiger partial charge in [-0.2, -0.15) is 9.78 Å². The van der Waals surface area contributed by atoms with Crippen molar-refractivity contribution in [1.82, 2.24) is 20.0 Å². The lowest BCUT2D eigenvalue weighted by molar-refractivity contribution is 0.194. The van der Waals surface area contributed by atoms with Gasteiger partial charge in [-0.15, -0.1) is 11.3 Å². The second-order valence-electron chi connectivity index (χ2n) is 6.93. The Labute approximate surface area is 183 Å². The van der Waals surface area contributed by atoms with E-state index >= 15 is 0 Å². The Bertz CT molecular complexity index is 1050. The lowest BCUT2D eigenvalue weighted by atomic mass is 10.3. The molecule has 1 saturated heterocycles. The third kappa shape index (κ3) is 4.49. The number of aromatic nitrogens is 2. The fourth-order valence-corrected chi connectivity index (χ4v) is 4.36. The van der Waals surface area contributed by atoms with Crippen LogP contribution in [-0.2, 0) is 6.42 Å². The molecule has 1 aliphatic rings. The first-order valence-electron chi connectivity index (χ1n) is 9.77. The van der Waals surface area contributed by atoms with Crippen molar-refractivity contribution in [3.05, 3.63) is 74.3 Å². The van der Waals surface area contributed by atoms with Crippen LogP contribution in [0.2, 0.25) is 5.02 Å². The van der Waals surface area contributed by atoms with E-state index in [4.69, 9.17) is 11.6 Å². The van der Waals surface area contributed by atoms with Gasteiger partial charge in [0.15, 0.2) is 0 Å². The summed E-state index contributed by atoms with van der Waals surface area (Å²) >= 11 is 8.08. The molecule has 1 aromatic carbocycles. The molecule has 0 saturated carbocycles. The zero-order chi connectivity index (χ0) is 20.9. The predicted octanol–water partition coefficient (Wildman–Crippen LogP) is 3.02. The van der Waals surface area contributed by atoms with Crippen LogP contribution in [-0.4, -0.2) is 53.4 Å². The molecule has 9 heteroatoms. The number of para-hydroxylation sites is 1. The van der Waals surface area contributed by atoms with E-state index in [1.54, 1.807) is 34.6 Å². The number of benzene rings is 1. The molecule has 0 radical (unpaired) electrons. The van der Waals surface area contributed by atoms with Crippen molar-refractivity contribution in [3.8, 4) is 5.69 Å². The van der Waals surface area contributed by atoms with E-state index in [9.17, 15) is 9.59 Å². The minimum atomic E-state index is -0.353. The average Bonchev–Trinajstić information content (AvgIpc) is 3.30. The van der Waals surface area contributed by atoms with Crippen molar-refractivity contribution in [2.75, 3.05) is 37.6 Å². The van der Waals surface area contributed by atoms with Crippen LogP contribution in [0.25, 0.3) is 5.69 Å². The van der Waals surface area contributed by atoms with E-state index in [0.29, 0.717) is 44.1 Å². The molecule has 0 bridgehead atoms. The fourth-order valence-electron chi connectivity index (χ4n) is 3.41. The minimum Gasteiger partial charge on any atom is -0.365 e. The number of carbonyl (C=O) groups excluding carboxylic acids is 1. The number of nitrogens with one attached hydrogen (secondary N) is 1. The predicted molar refractivity (Wildman–Crippen MR) is 120 cm³/mol. The summed E-state index contributed by atoms with van der Waals surface area (Å²) < 4.78 is 1.29. The van der Waals surface area contributed by atoms with E-state index in [1.165, 1.54) is 9.56 Å². The van der Waals surface area contributed by atoms with Gasteiger partial charge in [-0.3, -0.25) is 4.79 Å². The number of halogens is 1. The van der Waals surface area contributed by atoms with Gasteiger partial charge < -0.3 is 15.1 Å². The average molecular weight is 444 g/mol. The van der Waals surface area contributed by atoms with E-state index in [0.717, 1.165) is 6.42 Å². The molecule has 0 aliphatic carbocycles. The summed E-state index contributed by atoms with van der Waals surface area (Å²) in [5, 5.41) is 9.44. The number of thiophene rings is 1. The highest BCUT2D eigenvalue weighted by molar-refractivity contribution is 7.09. The van der Waals surface area contributed by atoms with Crippen LogP contribution in [0.3, 0.4) is 0 Å². The Morgan fingerprint density at radius 3 is 2.57 bits per heavy atom. The lowest BCUT2D eigenvalue weighted by Crippen LogP contribution is -2.52. The van der Waals surface area contributed by atoms with Crippen molar-refractivity contribution in [3.63, 3.8) is 0 Å². The molecule has 4 rings (SSSR count). The highest BCUT2D eigenvalue weighted by atomic mass is 35.5. The molecule has 3 aromatic rings. The van der Waals surface area contributed by atoms with Gasteiger partial charge in [-0.25, -0.2) is 4.79 Å². The van der Waals surface area contributed by atoms with Gasteiger partial charge in [0.05, 0.1) is 17.6 Å². The van der Waals surface area contributed by atoms with Gasteiger partial charge >= 0.3 is 6.03 Å². The Kier molecular flexibility index (Phi) is 6.35. The maximum absolute atomic E-state index is 12.7. The van der Waals surface area contributed by atoms with Gasteiger partial charge in [-0.1, -0.05) is 35.9 Å². The van der Waals surface area contributed by atoms with Crippen LogP contribution in [0, 0.1) is 0 Å². The molecule has 30 heavy (non-hydrogen) atoms. The maximum Gasteiger partial charge on any atom is 0.317 e. The summed E-state index contributed by atoms with van der Waals surface area (Å²) in [6.07, 6.45) is 2.45. The van der Waals surface area contributed by atoms with E-state index in [2.05, 4.69) is 16.5 Å². The van der Waals surface area contributed by atoms with Crippen molar-refractivity contribution in [2.24, 2.45) is 0 Å². The number of piperazine rings is 1. The van der Waals surface area contributed by atoms with Crippen molar-refractivity contribution in [2.45, 2.75) is 6.42 Å². The number of urea groups is 1. The molecule has 3 heterocycles. The number of carbonyl (C=O) groups is 1. The standard InChI is InChI=1S/C21H22ClN5O2S/c22-19-18(15-24-27(20(19)28)16-5-2-1-3-6-16)25-10-12-26(13-11-25)21(29)23-9-8-17-7-4-14-30-17/h1-7,14-15H,8-13H2,(H,23,29). The van der Waals surface area contributed by atoms with Crippen LogP contribution in [0.4, 0.5) is 10.5 Å². The maximum atomic E-state index is 12.7. The van der Waals surface area contributed by atoms with E-state index in [-0.39, 0.29) is 16.6 Å². The molecule has 7 nitrogen and oxygen atoms in total. The molecule has 2 amide bonds. The summed E-state index contributed by atoms with van der Waals surface area (Å²) in [7, 11) is 0. The third-order valence-electron chi connectivity index (χ3n) is 5.04. The van der Waals surface area contributed by atoms with Crippen LogP contribution in [0.5, 0.6) is 0 Å². The summed E-state index contributed by atoms with van der Waals surface area (Å²) in [6, 6.07) is 13.2. The number of amides is 2. The molecule has 1 fully saturated rings. The normalized spacial score (nSPS) is 14.0. The van der Waals surface area contributed by atoms with Crippen LogP contribution in [0.1, 0.15) is 4.88 Å². The lowest BCUT2D eigenvalue weighted by Gasteiger charge is -2.36. The number of hydrogen-bond donors (Lipinski definition) is 1. The molecule has 2 aromatic heterocycles. The number of rotatable bonds is 5. The highest BCUT2D eigenvalue weighted by Crippen LogP contribution is 2.23. The molecule has 1 aliphatic heterocycles. The summed E-state index contributed by atoms with van der Waals surface area (Å²) in [6.45, 7) is 2.92. The van der Waals surface area contributed by atoms with Gasteiger partial charge in [0.1, 0.15) is 5.02 Å². The monoisotopic (exact) mass is 443 g/mol. The second kappa shape index (κ2) is 9.32. The highest BCUT2D eigenvalue weighted by Gasteiger charge is 2.24. The topological polar surface area (TPSA) is 70.5 Å². The van der Waals surface area contributed by atoms with Gasteiger partial charge in [-0.05, 0) is 30.0 Å². The Morgan fingerprint density at radius 1 is 1.10 bits per heavy atom. The minimum absolute atomic E-state index is 0.0603. The zero-order valence-corrected chi connectivity index (χ0v) is 17.9. The van der Waals surface area contributed by atoms with Crippen molar-refractivity contribution >= 4 is 34.7 Å². The van der Waals surface area contributed by atoms with Crippen molar-refractivity contribution < 1.29 is 4.79 Å². The van der Waals surface area contributed by atoms with Crippen LogP contribution >= 0.6 is 22.9 Å². The van der Waals surface area contributed by atoms with Crippen LogP contribution in [0.15, 0.2) is 58.8 Å². The number of nitrogens with zero attached hydrogens (tertiary/aromatic N) is 4. The second-order valence-corrected chi connectivity index (χ2v) is 8.34.